The zero-order valence-electron chi connectivity index (χ0n) is 11.7. The predicted octanol–water partition coefficient (Wildman–Crippen LogP) is 5.81. The van der Waals surface area contributed by atoms with Crippen LogP contribution in [0, 0.1) is 5.92 Å². The molecule has 0 unspecified atom stereocenters. The molecule has 0 aromatic heterocycles. The lowest BCUT2D eigenvalue weighted by molar-refractivity contribution is -0.137. The molecule has 1 nitrogen and oxygen atoms in total. The molecule has 1 fully saturated rings. The van der Waals surface area contributed by atoms with Crippen molar-refractivity contribution in [1.82, 2.24) is 0 Å². The molecule has 0 heterocycles. The SMILES string of the molecule is FC(F)(F)c1ccc(-c2cccc(Cl)c2OCC2CC2)cc1. The second-order valence-electron chi connectivity index (χ2n) is 5.45. The summed E-state index contributed by atoms with van der Waals surface area (Å²) in [6, 6.07) is 10.3. The van der Waals surface area contributed by atoms with Crippen molar-refractivity contribution in [3.8, 4) is 16.9 Å². The smallest absolute Gasteiger partial charge is 0.416 e. The van der Waals surface area contributed by atoms with Crippen molar-refractivity contribution in [2.75, 3.05) is 6.61 Å². The minimum absolute atomic E-state index is 0.470. The van der Waals surface area contributed by atoms with Crippen LogP contribution in [0.3, 0.4) is 0 Å². The number of ether oxygens (including phenoxy) is 1. The van der Waals surface area contributed by atoms with Crippen LogP contribution in [0.4, 0.5) is 13.2 Å². The molecule has 5 heteroatoms. The number of alkyl halides is 3. The lowest BCUT2D eigenvalue weighted by Crippen LogP contribution is -2.04. The Balaban J connectivity index is 1.91. The number of para-hydroxylation sites is 1. The largest absolute Gasteiger partial charge is 0.491 e. The van der Waals surface area contributed by atoms with Crippen LogP contribution in [0.2, 0.25) is 5.02 Å². The third kappa shape index (κ3) is 3.38. The van der Waals surface area contributed by atoms with Crippen molar-refractivity contribution < 1.29 is 17.9 Å². The van der Waals surface area contributed by atoms with Crippen LogP contribution in [0.5, 0.6) is 5.75 Å². The summed E-state index contributed by atoms with van der Waals surface area (Å²) < 4.78 is 43.7. The van der Waals surface area contributed by atoms with E-state index in [9.17, 15) is 13.2 Å². The Kier molecular flexibility index (Phi) is 4.04. The lowest BCUT2D eigenvalue weighted by Gasteiger charge is -2.14. The Hall–Kier alpha value is -1.68. The summed E-state index contributed by atoms with van der Waals surface area (Å²) in [6.45, 7) is 0.595. The topological polar surface area (TPSA) is 9.23 Å². The summed E-state index contributed by atoms with van der Waals surface area (Å²) >= 11 is 6.18. The highest BCUT2D eigenvalue weighted by Gasteiger charge is 2.30. The van der Waals surface area contributed by atoms with Gasteiger partial charge in [0.1, 0.15) is 5.75 Å². The van der Waals surface area contributed by atoms with Gasteiger partial charge in [-0.1, -0.05) is 35.9 Å². The van der Waals surface area contributed by atoms with Crippen molar-refractivity contribution in [1.29, 1.82) is 0 Å². The predicted molar refractivity (Wildman–Crippen MR) is 80.1 cm³/mol. The van der Waals surface area contributed by atoms with Gasteiger partial charge in [-0.25, -0.2) is 0 Å². The molecule has 0 bridgehead atoms. The van der Waals surface area contributed by atoms with Crippen molar-refractivity contribution >= 4 is 11.6 Å². The van der Waals surface area contributed by atoms with E-state index >= 15 is 0 Å². The minimum atomic E-state index is -4.34. The average Bonchev–Trinajstić information content (AvgIpc) is 3.29. The number of benzene rings is 2. The molecule has 0 saturated heterocycles. The zero-order valence-corrected chi connectivity index (χ0v) is 12.4. The van der Waals surface area contributed by atoms with E-state index in [4.69, 9.17) is 16.3 Å². The van der Waals surface area contributed by atoms with Crippen LogP contribution >= 0.6 is 11.6 Å². The molecule has 22 heavy (non-hydrogen) atoms. The van der Waals surface area contributed by atoms with Gasteiger partial charge in [-0.15, -0.1) is 0 Å². The maximum atomic E-state index is 12.6. The Labute approximate surface area is 131 Å². The third-order valence-corrected chi connectivity index (χ3v) is 3.95. The van der Waals surface area contributed by atoms with E-state index < -0.39 is 11.7 Å². The maximum Gasteiger partial charge on any atom is 0.416 e. The molecule has 0 aliphatic heterocycles. The van der Waals surface area contributed by atoms with Crippen LogP contribution in [0.15, 0.2) is 42.5 Å². The van der Waals surface area contributed by atoms with Crippen LogP contribution in [-0.4, -0.2) is 6.61 Å². The van der Waals surface area contributed by atoms with E-state index in [-0.39, 0.29) is 0 Å². The fourth-order valence-corrected chi connectivity index (χ4v) is 2.44. The fraction of sp³-hybridized carbons (Fsp3) is 0.294. The molecule has 2 aromatic carbocycles. The highest BCUT2D eigenvalue weighted by molar-refractivity contribution is 6.32. The van der Waals surface area contributed by atoms with Gasteiger partial charge >= 0.3 is 6.18 Å². The van der Waals surface area contributed by atoms with E-state index in [2.05, 4.69) is 0 Å². The summed E-state index contributed by atoms with van der Waals surface area (Å²) in [5, 5.41) is 0.470. The molecule has 1 aliphatic carbocycles. The molecule has 2 aromatic rings. The van der Waals surface area contributed by atoms with Crippen molar-refractivity contribution in [3.63, 3.8) is 0 Å². The average molecular weight is 327 g/mol. The highest BCUT2D eigenvalue weighted by atomic mass is 35.5. The Morgan fingerprint density at radius 1 is 1.05 bits per heavy atom. The molecule has 0 atom stereocenters. The lowest BCUT2D eigenvalue weighted by atomic mass is 10.0. The molecule has 0 amide bonds. The Morgan fingerprint density at radius 2 is 1.73 bits per heavy atom. The van der Waals surface area contributed by atoms with Crippen LogP contribution in [0.1, 0.15) is 18.4 Å². The van der Waals surface area contributed by atoms with Gasteiger partial charge in [-0.2, -0.15) is 13.2 Å². The van der Waals surface area contributed by atoms with Crippen molar-refractivity contribution in [3.05, 3.63) is 53.1 Å². The van der Waals surface area contributed by atoms with Crippen LogP contribution in [0.25, 0.3) is 11.1 Å². The van der Waals surface area contributed by atoms with Crippen molar-refractivity contribution in [2.45, 2.75) is 19.0 Å². The first kappa shape index (κ1) is 15.2. The summed E-state index contributed by atoms with van der Waals surface area (Å²) in [4.78, 5) is 0. The van der Waals surface area contributed by atoms with Crippen LogP contribution < -0.4 is 4.74 Å². The summed E-state index contributed by atoms with van der Waals surface area (Å²) in [5.74, 6) is 1.10. The van der Waals surface area contributed by atoms with Crippen molar-refractivity contribution in [2.24, 2.45) is 5.92 Å². The Bertz CT molecular complexity index is 661. The van der Waals surface area contributed by atoms with Gasteiger partial charge in [0, 0.05) is 5.56 Å². The molecular formula is C17H14ClF3O. The van der Waals surface area contributed by atoms with E-state index in [1.807, 2.05) is 0 Å². The van der Waals surface area contributed by atoms with E-state index in [0.717, 1.165) is 25.0 Å². The first-order valence-electron chi connectivity index (χ1n) is 7.04. The summed E-state index contributed by atoms with van der Waals surface area (Å²) in [6.07, 6.45) is -2.03. The number of hydrogen-bond acceptors (Lipinski definition) is 1. The zero-order chi connectivity index (χ0) is 15.7. The number of rotatable bonds is 4. The molecule has 0 radical (unpaired) electrons. The number of hydrogen-bond donors (Lipinski definition) is 0. The van der Waals surface area contributed by atoms with Crippen LogP contribution in [-0.2, 0) is 6.18 Å². The first-order valence-corrected chi connectivity index (χ1v) is 7.42. The molecule has 0 spiro atoms. The molecular weight excluding hydrogens is 313 g/mol. The minimum Gasteiger partial charge on any atom is -0.491 e. The third-order valence-electron chi connectivity index (χ3n) is 3.65. The molecule has 1 saturated carbocycles. The van der Waals surface area contributed by atoms with Gasteiger partial charge in [-0.3, -0.25) is 0 Å². The Morgan fingerprint density at radius 3 is 2.32 bits per heavy atom. The van der Waals surface area contributed by atoms with E-state index in [0.29, 0.717) is 34.4 Å². The van der Waals surface area contributed by atoms with Gasteiger partial charge in [0.2, 0.25) is 0 Å². The molecule has 116 valence electrons. The maximum absolute atomic E-state index is 12.6. The van der Waals surface area contributed by atoms with Gasteiger partial charge in [0.25, 0.3) is 0 Å². The van der Waals surface area contributed by atoms with Gasteiger partial charge < -0.3 is 4.74 Å². The van der Waals surface area contributed by atoms with Gasteiger partial charge in [0.05, 0.1) is 17.2 Å². The first-order chi connectivity index (χ1) is 10.4. The quantitative estimate of drug-likeness (QED) is 0.688. The second-order valence-corrected chi connectivity index (χ2v) is 5.85. The standard InChI is InChI=1S/C17H14ClF3O/c18-15-3-1-2-14(16(15)22-10-11-4-5-11)12-6-8-13(9-7-12)17(19,20)21/h1-3,6-9,11H,4-5,10H2. The van der Waals surface area contributed by atoms with Gasteiger partial charge in [0.15, 0.2) is 0 Å². The van der Waals surface area contributed by atoms with E-state index in [1.54, 1.807) is 18.2 Å². The normalized spacial score (nSPS) is 14.9. The fourth-order valence-electron chi connectivity index (χ4n) is 2.21. The van der Waals surface area contributed by atoms with E-state index in [1.165, 1.54) is 12.1 Å². The second kappa shape index (κ2) is 5.84. The summed E-state index contributed by atoms with van der Waals surface area (Å²) in [5.41, 5.74) is 0.696. The van der Waals surface area contributed by atoms with Gasteiger partial charge in [-0.05, 0) is 42.5 Å². The monoisotopic (exact) mass is 326 g/mol. The summed E-state index contributed by atoms with van der Waals surface area (Å²) in [7, 11) is 0. The number of halogens is 4. The molecule has 3 rings (SSSR count). The highest BCUT2D eigenvalue weighted by Crippen LogP contribution is 2.39. The molecule has 0 N–H and O–H groups in total. The molecule has 1 aliphatic rings.